The Morgan fingerprint density at radius 3 is 2.60 bits per heavy atom. The molecule has 164 valence electrons. The Morgan fingerprint density at radius 2 is 2.03 bits per heavy atom. The van der Waals surface area contributed by atoms with E-state index >= 15 is 0 Å². The van der Waals surface area contributed by atoms with E-state index in [9.17, 15) is 13.6 Å². The van der Waals surface area contributed by atoms with Gasteiger partial charge in [-0.25, -0.2) is 23.5 Å². The van der Waals surface area contributed by atoms with Gasteiger partial charge in [0.1, 0.15) is 22.6 Å². The maximum absolute atomic E-state index is 13.0. The number of nitrogens with zero attached hydrogens (tertiary/aromatic N) is 5. The zero-order valence-electron chi connectivity index (χ0n) is 17.5. The van der Waals surface area contributed by atoms with Crippen molar-refractivity contribution in [2.75, 3.05) is 31.1 Å². The Labute approximate surface area is 180 Å². The number of rotatable bonds is 3. The first kappa shape index (κ1) is 22.5. The van der Waals surface area contributed by atoms with Crippen LogP contribution in [0.3, 0.4) is 0 Å². The molecule has 30 heavy (non-hydrogen) atoms. The molecule has 1 aromatic rings. The fourth-order valence-electron chi connectivity index (χ4n) is 3.77. The number of halogens is 3. The maximum atomic E-state index is 13.0. The summed E-state index contributed by atoms with van der Waals surface area (Å²) in [6.45, 7) is 9.67. The van der Waals surface area contributed by atoms with Crippen molar-refractivity contribution < 1.29 is 18.3 Å². The van der Waals surface area contributed by atoms with E-state index < -0.39 is 30.0 Å². The average molecular weight is 442 g/mol. The van der Waals surface area contributed by atoms with Crippen LogP contribution in [-0.2, 0) is 4.74 Å². The van der Waals surface area contributed by atoms with E-state index in [0.29, 0.717) is 32.0 Å². The molecule has 3 rings (SSSR count). The number of hydrogen-bond donors (Lipinski definition) is 0. The molecule has 3 atom stereocenters. The average Bonchev–Trinajstić information content (AvgIpc) is 2.64. The van der Waals surface area contributed by atoms with Gasteiger partial charge < -0.3 is 9.64 Å². The van der Waals surface area contributed by atoms with Crippen LogP contribution >= 0.6 is 11.6 Å². The predicted octanol–water partition coefficient (Wildman–Crippen LogP) is 3.20. The van der Waals surface area contributed by atoms with Gasteiger partial charge in [0.05, 0.1) is 0 Å². The summed E-state index contributed by atoms with van der Waals surface area (Å²) in [6.07, 6.45) is 2.49. The standard InChI is InChI=1S/C20H26ClF2N5O2/c1-6-13-10-26(7-8-27(13)19(29)30-20(3,4)5)14-11-28(12(14)2)16-9-15(21)24-18(25-16)17(22)23/h1,9,12-14,17H,7-8,10-11H2,2-5H3/t12-,13?,14?/m1/s1. The minimum Gasteiger partial charge on any atom is -0.444 e. The van der Waals surface area contributed by atoms with E-state index in [1.165, 1.54) is 6.07 Å². The molecule has 0 spiro atoms. The summed E-state index contributed by atoms with van der Waals surface area (Å²) in [4.78, 5) is 25.7. The first-order valence-electron chi connectivity index (χ1n) is 9.79. The van der Waals surface area contributed by atoms with Crippen LogP contribution in [-0.4, -0.2) is 75.8 Å². The minimum atomic E-state index is -2.79. The number of aromatic nitrogens is 2. The highest BCUT2D eigenvalue weighted by molar-refractivity contribution is 6.29. The quantitative estimate of drug-likeness (QED) is 0.530. The normalized spacial score (nSPS) is 25.1. The van der Waals surface area contributed by atoms with Gasteiger partial charge in [0.15, 0.2) is 5.82 Å². The van der Waals surface area contributed by atoms with Crippen LogP contribution in [0.4, 0.5) is 19.4 Å². The molecule has 0 radical (unpaired) electrons. The lowest BCUT2D eigenvalue weighted by Crippen LogP contribution is -2.70. The first-order chi connectivity index (χ1) is 14.0. The van der Waals surface area contributed by atoms with E-state index in [0.717, 1.165) is 0 Å². The highest BCUT2D eigenvalue weighted by Gasteiger charge is 2.44. The van der Waals surface area contributed by atoms with Gasteiger partial charge in [-0.15, -0.1) is 6.42 Å². The number of carbonyl (C=O) groups excluding carboxylic acids is 1. The summed E-state index contributed by atoms with van der Waals surface area (Å²) in [7, 11) is 0. The molecule has 10 heteroatoms. The molecule has 2 saturated heterocycles. The second kappa shape index (κ2) is 8.52. The first-order valence-corrected chi connectivity index (χ1v) is 10.2. The molecular formula is C20H26ClF2N5O2. The van der Waals surface area contributed by atoms with Crippen molar-refractivity contribution in [1.82, 2.24) is 19.8 Å². The lowest BCUT2D eigenvalue weighted by Gasteiger charge is -2.54. The van der Waals surface area contributed by atoms with Crippen LogP contribution in [0.5, 0.6) is 0 Å². The lowest BCUT2D eigenvalue weighted by molar-refractivity contribution is -0.00402. The zero-order valence-corrected chi connectivity index (χ0v) is 18.2. The number of terminal acetylenes is 1. The smallest absolute Gasteiger partial charge is 0.411 e. The summed E-state index contributed by atoms with van der Waals surface area (Å²) in [5.41, 5.74) is -0.591. The highest BCUT2D eigenvalue weighted by atomic mass is 35.5. The number of alkyl halides is 2. The molecule has 2 aliphatic heterocycles. The molecular weight excluding hydrogens is 416 g/mol. The molecule has 0 bridgehead atoms. The van der Waals surface area contributed by atoms with E-state index in [2.05, 4.69) is 20.8 Å². The third-order valence-electron chi connectivity index (χ3n) is 5.32. The number of anilines is 1. The topological polar surface area (TPSA) is 61.8 Å². The van der Waals surface area contributed by atoms with Crippen molar-refractivity contribution in [3.05, 3.63) is 17.0 Å². The summed E-state index contributed by atoms with van der Waals surface area (Å²) in [6, 6.07) is 1.28. The highest BCUT2D eigenvalue weighted by Crippen LogP contribution is 2.32. The molecule has 1 aromatic heterocycles. The van der Waals surface area contributed by atoms with Crippen molar-refractivity contribution >= 4 is 23.5 Å². The largest absolute Gasteiger partial charge is 0.444 e. The molecule has 2 unspecified atom stereocenters. The molecule has 0 aromatic carbocycles. The third-order valence-corrected chi connectivity index (χ3v) is 5.52. The van der Waals surface area contributed by atoms with E-state index in [4.69, 9.17) is 22.8 Å². The third kappa shape index (κ3) is 4.76. The molecule has 2 fully saturated rings. The van der Waals surface area contributed by atoms with Crippen molar-refractivity contribution in [3.8, 4) is 12.3 Å². The van der Waals surface area contributed by atoms with Crippen LogP contribution in [0, 0.1) is 12.3 Å². The second-order valence-electron chi connectivity index (χ2n) is 8.52. The molecule has 0 N–H and O–H groups in total. The van der Waals surface area contributed by atoms with Gasteiger partial charge in [-0.3, -0.25) is 9.80 Å². The Hall–Kier alpha value is -2.18. The zero-order chi connectivity index (χ0) is 22.2. The predicted molar refractivity (Wildman–Crippen MR) is 110 cm³/mol. The number of piperazine rings is 1. The second-order valence-corrected chi connectivity index (χ2v) is 8.91. The SMILES string of the molecule is C#CC1CN(C2CN(c3cc(Cl)nc(C(F)F)n3)[C@@H]2C)CCN1C(=O)OC(C)(C)C. The van der Waals surface area contributed by atoms with Gasteiger partial charge in [0.25, 0.3) is 6.43 Å². The molecule has 2 aliphatic rings. The fourth-order valence-corrected chi connectivity index (χ4v) is 3.95. The number of amides is 1. The van der Waals surface area contributed by atoms with Crippen molar-refractivity contribution in [2.45, 2.75) is 57.8 Å². The maximum Gasteiger partial charge on any atom is 0.411 e. The molecule has 1 amide bonds. The number of carbonyl (C=O) groups is 1. The molecule has 0 saturated carbocycles. The monoisotopic (exact) mass is 441 g/mol. The van der Waals surface area contributed by atoms with Crippen LogP contribution in [0.2, 0.25) is 5.15 Å². The Bertz CT molecular complexity index is 841. The number of ether oxygens (including phenoxy) is 1. The Morgan fingerprint density at radius 1 is 1.33 bits per heavy atom. The summed E-state index contributed by atoms with van der Waals surface area (Å²) >= 11 is 5.89. The van der Waals surface area contributed by atoms with Crippen LogP contribution < -0.4 is 4.90 Å². The summed E-state index contributed by atoms with van der Waals surface area (Å²) < 4.78 is 31.4. The van der Waals surface area contributed by atoms with Gasteiger partial charge in [-0.1, -0.05) is 17.5 Å². The van der Waals surface area contributed by atoms with Crippen molar-refractivity contribution in [3.63, 3.8) is 0 Å². The van der Waals surface area contributed by atoms with E-state index in [1.807, 2.05) is 32.6 Å². The molecule has 0 aliphatic carbocycles. The minimum absolute atomic E-state index is 0.00989. The van der Waals surface area contributed by atoms with E-state index in [1.54, 1.807) is 4.90 Å². The van der Waals surface area contributed by atoms with Crippen molar-refractivity contribution in [2.24, 2.45) is 0 Å². The van der Waals surface area contributed by atoms with Gasteiger partial charge in [-0.05, 0) is 27.7 Å². The Kier molecular flexibility index (Phi) is 6.39. The lowest BCUT2D eigenvalue weighted by atomic mass is 9.94. The number of hydrogen-bond acceptors (Lipinski definition) is 6. The van der Waals surface area contributed by atoms with Crippen LogP contribution in [0.15, 0.2) is 6.07 Å². The van der Waals surface area contributed by atoms with Gasteiger partial charge >= 0.3 is 6.09 Å². The van der Waals surface area contributed by atoms with Gasteiger partial charge in [-0.2, -0.15) is 0 Å². The van der Waals surface area contributed by atoms with Gasteiger partial charge in [0.2, 0.25) is 0 Å². The molecule has 3 heterocycles. The summed E-state index contributed by atoms with van der Waals surface area (Å²) in [5.74, 6) is 2.49. The van der Waals surface area contributed by atoms with Crippen molar-refractivity contribution in [1.29, 1.82) is 0 Å². The van der Waals surface area contributed by atoms with Crippen LogP contribution in [0.1, 0.15) is 39.9 Å². The summed E-state index contributed by atoms with van der Waals surface area (Å²) in [5, 5.41) is -0.00989. The molecule has 7 nitrogen and oxygen atoms in total. The van der Waals surface area contributed by atoms with Crippen LogP contribution in [0.25, 0.3) is 0 Å². The van der Waals surface area contributed by atoms with Gasteiger partial charge in [0, 0.05) is 44.3 Å². The van der Waals surface area contributed by atoms with E-state index in [-0.39, 0.29) is 17.2 Å². The Balaban J connectivity index is 1.64. The fraction of sp³-hybridized carbons (Fsp3) is 0.650.